The second-order valence-corrected chi connectivity index (χ2v) is 6.00. The summed E-state index contributed by atoms with van der Waals surface area (Å²) in [7, 11) is 3.03. The largest absolute Gasteiger partial charge is 0.497 e. The molecule has 7 heteroatoms. The maximum atomic E-state index is 12.2. The van der Waals surface area contributed by atoms with Crippen LogP contribution in [0.1, 0.15) is 20.3 Å². The van der Waals surface area contributed by atoms with Crippen LogP contribution >= 0.6 is 0 Å². The molecular formula is C20H24N2O5. The van der Waals surface area contributed by atoms with Crippen LogP contribution in [0.4, 0.5) is 11.4 Å². The molecule has 0 radical (unpaired) electrons. The number of hydrogen-bond acceptors (Lipinski definition) is 5. The normalized spacial score (nSPS) is 10.3. The highest BCUT2D eigenvalue weighted by Crippen LogP contribution is 2.29. The van der Waals surface area contributed by atoms with E-state index in [2.05, 4.69) is 10.6 Å². The van der Waals surface area contributed by atoms with E-state index in [-0.39, 0.29) is 12.5 Å². The van der Waals surface area contributed by atoms with E-state index in [0.29, 0.717) is 28.6 Å². The van der Waals surface area contributed by atoms with Crippen molar-refractivity contribution in [1.29, 1.82) is 0 Å². The lowest BCUT2D eigenvalue weighted by Crippen LogP contribution is -2.22. The molecule has 0 fully saturated rings. The van der Waals surface area contributed by atoms with Crippen molar-refractivity contribution in [2.75, 3.05) is 24.9 Å². The fourth-order valence-corrected chi connectivity index (χ4v) is 2.36. The number of rotatable bonds is 8. The molecule has 2 rings (SSSR count). The first-order valence-electron chi connectivity index (χ1n) is 8.50. The van der Waals surface area contributed by atoms with Crippen LogP contribution < -0.4 is 24.8 Å². The fourth-order valence-electron chi connectivity index (χ4n) is 2.36. The number of anilines is 2. The summed E-state index contributed by atoms with van der Waals surface area (Å²) in [6.07, 6.45) is -0.376. The molecule has 2 N–H and O–H groups in total. The average Bonchev–Trinajstić information content (AvgIpc) is 2.63. The Morgan fingerprint density at radius 2 is 1.52 bits per heavy atom. The van der Waals surface area contributed by atoms with Crippen molar-refractivity contribution < 1.29 is 23.8 Å². The molecule has 0 aliphatic carbocycles. The Labute approximate surface area is 158 Å². The van der Waals surface area contributed by atoms with E-state index in [1.165, 1.54) is 14.2 Å². The Balaban J connectivity index is 2.00. The summed E-state index contributed by atoms with van der Waals surface area (Å²) in [5.74, 6) is 0.694. The van der Waals surface area contributed by atoms with Gasteiger partial charge in [0.05, 0.1) is 31.7 Å². The van der Waals surface area contributed by atoms with Gasteiger partial charge in [0, 0.05) is 6.07 Å². The van der Waals surface area contributed by atoms with Gasteiger partial charge in [0.1, 0.15) is 23.7 Å². The zero-order valence-electron chi connectivity index (χ0n) is 15.9. The molecular weight excluding hydrogens is 348 g/mol. The Kier molecular flexibility index (Phi) is 7.05. The molecule has 0 saturated carbocycles. The first-order valence-corrected chi connectivity index (χ1v) is 8.50. The van der Waals surface area contributed by atoms with Gasteiger partial charge in [0.2, 0.25) is 11.8 Å². The van der Waals surface area contributed by atoms with Crippen LogP contribution in [-0.4, -0.2) is 32.1 Å². The molecule has 0 atom stereocenters. The van der Waals surface area contributed by atoms with Crippen molar-refractivity contribution in [2.45, 2.75) is 26.4 Å². The highest BCUT2D eigenvalue weighted by molar-refractivity contribution is 6.08. The Bertz CT molecular complexity index is 805. The van der Waals surface area contributed by atoms with Gasteiger partial charge in [-0.2, -0.15) is 0 Å². The minimum absolute atomic E-state index is 0.0334. The van der Waals surface area contributed by atoms with Gasteiger partial charge in [-0.05, 0) is 38.1 Å². The first kappa shape index (κ1) is 20.1. The molecule has 0 aromatic heterocycles. The van der Waals surface area contributed by atoms with Crippen LogP contribution in [0, 0.1) is 0 Å². The van der Waals surface area contributed by atoms with Gasteiger partial charge in [-0.25, -0.2) is 0 Å². The summed E-state index contributed by atoms with van der Waals surface area (Å²) >= 11 is 0. The maximum Gasteiger partial charge on any atom is 0.233 e. The molecule has 144 valence electrons. The van der Waals surface area contributed by atoms with E-state index in [0.717, 1.165) is 0 Å². The zero-order valence-corrected chi connectivity index (χ0v) is 15.9. The van der Waals surface area contributed by atoms with Gasteiger partial charge in [-0.3, -0.25) is 9.59 Å². The molecule has 0 heterocycles. The van der Waals surface area contributed by atoms with Gasteiger partial charge in [-0.15, -0.1) is 0 Å². The van der Waals surface area contributed by atoms with Gasteiger partial charge >= 0.3 is 0 Å². The highest BCUT2D eigenvalue weighted by Gasteiger charge is 2.15. The third-order valence-corrected chi connectivity index (χ3v) is 3.53. The molecule has 2 amide bonds. The van der Waals surface area contributed by atoms with Gasteiger partial charge < -0.3 is 24.8 Å². The highest BCUT2D eigenvalue weighted by atomic mass is 16.5. The minimum atomic E-state index is -0.460. The number of carbonyl (C=O) groups excluding carboxylic acids is 2. The lowest BCUT2D eigenvalue weighted by Gasteiger charge is -2.15. The summed E-state index contributed by atoms with van der Waals surface area (Å²) in [5.41, 5.74) is 0.977. The number of nitrogens with one attached hydrogen (secondary N) is 2. The fraction of sp³-hybridized carbons (Fsp3) is 0.300. The maximum absolute atomic E-state index is 12.2. The molecule has 0 unspecified atom stereocenters. The third-order valence-electron chi connectivity index (χ3n) is 3.53. The van der Waals surface area contributed by atoms with Crippen LogP contribution in [0.3, 0.4) is 0 Å². The lowest BCUT2D eigenvalue weighted by atomic mass is 10.2. The first-order chi connectivity index (χ1) is 12.9. The molecule has 0 saturated heterocycles. The smallest absolute Gasteiger partial charge is 0.233 e. The molecule has 27 heavy (non-hydrogen) atoms. The number of methoxy groups -OCH3 is 2. The summed E-state index contributed by atoms with van der Waals surface area (Å²) in [4.78, 5) is 24.4. The minimum Gasteiger partial charge on any atom is -0.497 e. The number of amides is 2. The van der Waals surface area contributed by atoms with Crippen LogP contribution in [0.2, 0.25) is 0 Å². The average molecular weight is 372 g/mol. The number of ether oxygens (including phenoxy) is 3. The molecule has 2 aromatic carbocycles. The van der Waals surface area contributed by atoms with E-state index >= 15 is 0 Å². The van der Waals surface area contributed by atoms with Crippen molar-refractivity contribution >= 4 is 23.2 Å². The van der Waals surface area contributed by atoms with Crippen LogP contribution in [0.25, 0.3) is 0 Å². The van der Waals surface area contributed by atoms with Crippen LogP contribution in [0.15, 0.2) is 42.5 Å². The number of benzene rings is 2. The summed E-state index contributed by atoms with van der Waals surface area (Å²) in [6, 6.07) is 12.1. The third kappa shape index (κ3) is 5.91. The van der Waals surface area contributed by atoms with Crippen molar-refractivity contribution in [1.82, 2.24) is 0 Å². The van der Waals surface area contributed by atoms with Crippen LogP contribution in [0.5, 0.6) is 17.2 Å². The van der Waals surface area contributed by atoms with E-state index in [9.17, 15) is 9.59 Å². The summed E-state index contributed by atoms with van der Waals surface area (Å²) in [5, 5.41) is 5.37. The number of hydrogen-bond donors (Lipinski definition) is 2. The van der Waals surface area contributed by atoms with Gasteiger partial charge in [0.15, 0.2) is 0 Å². The van der Waals surface area contributed by atoms with Crippen LogP contribution in [-0.2, 0) is 9.59 Å². The SMILES string of the molecule is COc1ccc(NC(=O)CC(=O)Nc2ccccc2OC(C)C)c(OC)c1. The van der Waals surface area contributed by atoms with E-state index in [4.69, 9.17) is 14.2 Å². The monoisotopic (exact) mass is 372 g/mol. The van der Waals surface area contributed by atoms with Gasteiger partial charge in [0.25, 0.3) is 0 Å². The number of carbonyl (C=O) groups is 2. The van der Waals surface area contributed by atoms with E-state index < -0.39 is 11.8 Å². The molecule has 0 spiro atoms. The van der Waals surface area contributed by atoms with E-state index in [1.807, 2.05) is 19.9 Å². The van der Waals surface area contributed by atoms with Crippen molar-refractivity contribution in [3.63, 3.8) is 0 Å². The zero-order chi connectivity index (χ0) is 19.8. The molecule has 7 nitrogen and oxygen atoms in total. The topological polar surface area (TPSA) is 85.9 Å². The van der Waals surface area contributed by atoms with Crippen molar-refractivity contribution in [3.05, 3.63) is 42.5 Å². The predicted molar refractivity (Wildman–Crippen MR) is 104 cm³/mol. The standard InChI is InChI=1S/C20H24N2O5/c1-13(2)27-17-8-6-5-7-15(17)21-19(23)12-20(24)22-16-10-9-14(25-3)11-18(16)26-4/h5-11,13H,12H2,1-4H3,(H,21,23)(H,22,24). The quantitative estimate of drug-likeness (QED) is 0.693. The Hall–Kier alpha value is -3.22. The molecule has 0 bridgehead atoms. The predicted octanol–water partition coefficient (Wildman–Crippen LogP) is 3.46. The second-order valence-electron chi connectivity index (χ2n) is 6.00. The summed E-state index contributed by atoms with van der Waals surface area (Å²) < 4.78 is 16.0. The van der Waals surface area contributed by atoms with Crippen molar-refractivity contribution in [3.8, 4) is 17.2 Å². The summed E-state index contributed by atoms with van der Waals surface area (Å²) in [6.45, 7) is 3.79. The molecule has 2 aromatic rings. The second kappa shape index (κ2) is 9.47. The molecule has 0 aliphatic rings. The Morgan fingerprint density at radius 3 is 2.11 bits per heavy atom. The Morgan fingerprint density at radius 1 is 0.889 bits per heavy atom. The van der Waals surface area contributed by atoms with Gasteiger partial charge in [-0.1, -0.05) is 12.1 Å². The lowest BCUT2D eigenvalue weighted by molar-refractivity contribution is -0.123. The van der Waals surface area contributed by atoms with E-state index in [1.54, 1.807) is 36.4 Å². The molecule has 0 aliphatic heterocycles. The number of para-hydroxylation sites is 2. The van der Waals surface area contributed by atoms with Crippen molar-refractivity contribution in [2.24, 2.45) is 0 Å².